The fraction of sp³-hybridized carbons (Fsp3) is 0.750. The fourth-order valence-corrected chi connectivity index (χ4v) is 6.82. The van der Waals surface area contributed by atoms with Gasteiger partial charge in [-0.2, -0.15) is 5.10 Å². The third-order valence-corrected chi connectivity index (χ3v) is 6.47. The van der Waals surface area contributed by atoms with Crippen molar-refractivity contribution in [1.29, 1.82) is 0 Å². The second kappa shape index (κ2) is 4.86. The highest BCUT2D eigenvalue weighted by Gasteiger charge is 2.30. The zero-order chi connectivity index (χ0) is 12.6. The van der Waals surface area contributed by atoms with Crippen LogP contribution in [0.4, 0.5) is 0 Å². The molecule has 2 heterocycles. The van der Waals surface area contributed by atoms with E-state index in [-0.39, 0.29) is 0 Å². The van der Waals surface area contributed by atoms with Gasteiger partial charge >= 0.3 is 0 Å². The van der Waals surface area contributed by atoms with Crippen LogP contribution in [0.1, 0.15) is 24.5 Å². The zero-order valence-electron chi connectivity index (χ0n) is 11.1. The summed E-state index contributed by atoms with van der Waals surface area (Å²) in [5, 5.41) is 6.16. The average molecular weight is 317 g/mol. The Bertz CT molecular complexity index is 405. The van der Waals surface area contributed by atoms with Gasteiger partial charge < -0.3 is 4.74 Å². The molecule has 1 aliphatic heterocycles. The second-order valence-corrected chi connectivity index (χ2v) is 11.6. The van der Waals surface area contributed by atoms with Gasteiger partial charge in [0.15, 0.2) is 0 Å². The summed E-state index contributed by atoms with van der Waals surface area (Å²) in [4.78, 5) is 0. The Morgan fingerprint density at radius 2 is 1.88 bits per heavy atom. The zero-order valence-corrected chi connectivity index (χ0v) is 13.7. The predicted octanol–water partition coefficient (Wildman–Crippen LogP) is 2.62. The standard InChI is InChI=1S/C12H21BrN2OSi/c1-15-12(17(2,3)4)10(13)11(14-15)9-5-7-16-8-6-9/h9H,5-8H2,1-4H3. The molecular weight excluding hydrogens is 296 g/mol. The van der Waals surface area contributed by atoms with Crippen molar-refractivity contribution in [3.8, 4) is 0 Å². The topological polar surface area (TPSA) is 27.1 Å². The minimum atomic E-state index is -1.34. The van der Waals surface area contributed by atoms with E-state index in [4.69, 9.17) is 9.84 Å². The minimum absolute atomic E-state index is 0.564. The van der Waals surface area contributed by atoms with Crippen molar-refractivity contribution in [1.82, 2.24) is 9.78 Å². The lowest BCUT2D eigenvalue weighted by molar-refractivity contribution is 0.0842. The Kier molecular flexibility index (Phi) is 3.80. The molecule has 0 aliphatic carbocycles. The number of rotatable bonds is 2. The summed E-state index contributed by atoms with van der Waals surface area (Å²) in [5.74, 6) is 0.564. The molecular formula is C12H21BrN2OSi. The highest BCUT2D eigenvalue weighted by Crippen LogP contribution is 2.31. The molecule has 1 saturated heterocycles. The smallest absolute Gasteiger partial charge is 0.102 e. The molecule has 0 unspecified atom stereocenters. The first-order valence-corrected chi connectivity index (χ1v) is 10.5. The molecule has 1 aromatic rings. The predicted molar refractivity (Wildman–Crippen MR) is 76.7 cm³/mol. The number of ether oxygens (including phenoxy) is 1. The van der Waals surface area contributed by atoms with Gasteiger partial charge in [-0.15, -0.1) is 0 Å². The van der Waals surface area contributed by atoms with Crippen molar-refractivity contribution >= 4 is 29.3 Å². The van der Waals surface area contributed by atoms with Crippen LogP contribution in [-0.2, 0) is 11.8 Å². The molecule has 0 saturated carbocycles. The van der Waals surface area contributed by atoms with E-state index in [0.29, 0.717) is 5.92 Å². The average Bonchev–Trinajstić information content (AvgIpc) is 2.54. The van der Waals surface area contributed by atoms with E-state index >= 15 is 0 Å². The lowest BCUT2D eigenvalue weighted by Crippen LogP contribution is -2.43. The van der Waals surface area contributed by atoms with Gasteiger partial charge in [-0.1, -0.05) is 19.6 Å². The first-order chi connectivity index (χ1) is 7.91. The minimum Gasteiger partial charge on any atom is -0.381 e. The summed E-state index contributed by atoms with van der Waals surface area (Å²) in [6.45, 7) is 8.83. The number of halogens is 1. The van der Waals surface area contributed by atoms with Gasteiger partial charge in [0.1, 0.15) is 8.07 Å². The Morgan fingerprint density at radius 3 is 2.35 bits per heavy atom. The summed E-state index contributed by atoms with van der Waals surface area (Å²) in [5.41, 5.74) is 1.24. The van der Waals surface area contributed by atoms with Gasteiger partial charge in [-0.05, 0) is 28.8 Å². The molecule has 2 rings (SSSR count). The van der Waals surface area contributed by atoms with Crippen LogP contribution < -0.4 is 5.32 Å². The van der Waals surface area contributed by atoms with Crippen molar-refractivity contribution in [2.45, 2.75) is 38.4 Å². The van der Waals surface area contributed by atoms with Gasteiger partial charge in [0.25, 0.3) is 0 Å². The van der Waals surface area contributed by atoms with Crippen LogP contribution in [0.25, 0.3) is 0 Å². The van der Waals surface area contributed by atoms with Crippen molar-refractivity contribution in [3.05, 3.63) is 10.2 Å². The summed E-state index contributed by atoms with van der Waals surface area (Å²) in [6, 6.07) is 0. The van der Waals surface area contributed by atoms with E-state index in [9.17, 15) is 0 Å². The lowest BCUT2D eigenvalue weighted by atomic mass is 9.97. The molecule has 96 valence electrons. The maximum atomic E-state index is 5.42. The van der Waals surface area contributed by atoms with E-state index in [0.717, 1.165) is 26.1 Å². The summed E-state index contributed by atoms with van der Waals surface area (Å²) < 4.78 is 8.76. The fourth-order valence-electron chi connectivity index (χ4n) is 2.57. The Morgan fingerprint density at radius 1 is 1.29 bits per heavy atom. The lowest BCUT2D eigenvalue weighted by Gasteiger charge is -2.21. The van der Waals surface area contributed by atoms with E-state index < -0.39 is 8.07 Å². The molecule has 3 nitrogen and oxygen atoms in total. The van der Waals surface area contributed by atoms with Crippen LogP contribution in [0, 0.1) is 0 Å². The quantitative estimate of drug-likeness (QED) is 0.784. The van der Waals surface area contributed by atoms with Gasteiger partial charge in [0.05, 0.1) is 10.2 Å². The summed E-state index contributed by atoms with van der Waals surface area (Å²) >= 11 is 3.78. The SMILES string of the molecule is Cn1nc(C2CCOCC2)c(Br)c1[Si](C)(C)C. The number of aromatic nitrogens is 2. The monoisotopic (exact) mass is 316 g/mol. The normalized spacial score (nSPS) is 18.6. The Balaban J connectivity index is 2.36. The van der Waals surface area contributed by atoms with Gasteiger partial charge in [-0.3, -0.25) is 4.68 Å². The first-order valence-electron chi connectivity index (χ1n) is 6.22. The molecule has 0 aromatic carbocycles. The van der Waals surface area contributed by atoms with Crippen molar-refractivity contribution in [3.63, 3.8) is 0 Å². The third-order valence-electron chi connectivity index (χ3n) is 3.33. The molecule has 0 amide bonds. The van der Waals surface area contributed by atoms with Gasteiger partial charge in [-0.25, -0.2) is 0 Å². The molecule has 0 bridgehead atoms. The maximum Gasteiger partial charge on any atom is 0.102 e. The van der Waals surface area contributed by atoms with Crippen molar-refractivity contribution < 1.29 is 4.74 Å². The molecule has 0 spiro atoms. The second-order valence-electron chi connectivity index (χ2n) is 5.81. The Hall–Kier alpha value is -0.133. The highest BCUT2D eigenvalue weighted by atomic mass is 79.9. The van der Waals surface area contributed by atoms with Crippen LogP contribution in [0.3, 0.4) is 0 Å². The van der Waals surface area contributed by atoms with Crippen LogP contribution in [0.5, 0.6) is 0 Å². The summed E-state index contributed by atoms with van der Waals surface area (Å²) in [6.07, 6.45) is 2.20. The molecule has 0 N–H and O–H groups in total. The molecule has 0 atom stereocenters. The van der Waals surface area contributed by atoms with E-state index in [1.165, 1.54) is 15.5 Å². The van der Waals surface area contributed by atoms with Gasteiger partial charge in [0.2, 0.25) is 0 Å². The molecule has 1 aromatic heterocycles. The van der Waals surface area contributed by atoms with E-state index in [1.54, 1.807) is 0 Å². The molecule has 1 fully saturated rings. The molecule has 1 aliphatic rings. The molecule has 0 radical (unpaired) electrons. The largest absolute Gasteiger partial charge is 0.381 e. The molecule has 5 heteroatoms. The number of nitrogens with zero attached hydrogens (tertiary/aromatic N) is 2. The van der Waals surface area contributed by atoms with Crippen molar-refractivity contribution in [2.75, 3.05) is 13.2 Å². The number of hydrogen-bond donors (Lipinski definition) is 0. The van der Waals surface area contributed by atoms with E-state index in [1.807, 2.05) is 0 Å². The Labute approximate surface area is 113 Å². The van der Waals surface area contributed by atoms with Crippen LogP contribution >= 0.6 is 15.9 Å². The molecule has 17 heavy (non-hydrogen) atoms. The number of hydrogen-bond acceptors (Lipinski definition) is 2. The third kappa shape index (κ3) is 2.66. The van der Waals surface area contributed by atoms with Crippen LogP contribution in [0.15, 0.2) is 4.47 Å². The highest BCUT2D eigenvalue weighted by molar-refractivity contribution is 9.10. The van der Waals surface area contributed by atoms with Crippen LogP contribution in [-0.4, -0.2) is 31.1 Å². The van der Waals surface area contributed by atoms with Crippen molar-refractivity contribution in [2.24, 2.45) is 7.05 Å². The van der Waals surface area contributed by atoms with Gasteiger partial charge in [0, 0.05) is 31.5 Å². The first kappa shape index (κ1) is 13.3. The number of aryl methyl sites for hydroxylation is 1. The van der Waals surface area contributed by atoms with Crippen LogP contribution in [0.2, 0.25) is 19.6 Å². The van der Waals surface area contributed by atoms with E-state index in [2.05, 4.69) is 47.3 Å². The maximum absolute atomic E-state index is 5.42. The summed E-state index contributed by atoms with van der Waals surface area (Å²) in [7, 11) is 0.728.